The van der Waals surface area contributed by atoms with Gasteiger partial charge in [0.25, 0.3) is 0 Å². The number of benzene rings is 2. The Hall–Kier alpha value is -1.86. The van der Waals surface area contributed by atoms with Gasteiger partial charge in [0.05, 0.1) is 28.4 Å². The molecule has 2 aromatic rings. The van der Waals surface area contributed by atoms with E-state index < -0.39 is 0 Å². The number of halogens is 2. The van der Waals surface area contributed by atoms with Gasteiger partial charge in [-0.3, -0.25) is 0 Å². The second kappa shape index (κ2) is 16.9. The first-order chi connectivity index (χ1) is 17.0. The van der Waals surface area contributed by atoms with E-state index in [0.717, 1.165) is 67.3 Å². The van der Waals surface area contributed by atoms with Crippen LogP contribution in [0.4, 0.5) is 0 Å². The fraction of sp³-hybridized carbons (Fsp3) is 0.586. The van der Waals surface area contributed by atoms with Gasteiger partial charge in [-0.1, -0.05) is 25.3 Å². The van der Waals surface area contributed by atoms with Crippen LogP contribution in [0.25, 0.3) is 0 Å². The van der Waals surface area contributed by atoms with E-state index in [-0.39, 0.29) is 30.9 Å². The summed E-state index contributed by atoms with van der Waals surface area (Å²) < 4.78 is 22.1. The van der Waals surface area contributed by atoms with Crippen molar-refractivity contribution >= 4 is 24.8 Å². The van der Waals surface area contributed by atoms with Crippen LogP contribution in [0.3, 0.4) is 0 Å². The first-order valence-corrected chi connectivity index (χ1v) is 13.0. The summed E-state index contributed by atoms with van der Waals surface area (Å²) in [5.74, 6) is 3.87. The van der Waals surface area contributed by atoms with Crippen molar-refractivity contribution in [2.45, 2.75) is 70.3 Å². The zero-order chi connectivity index (χ0) is 25.2. The summed E-state index contributed by atoms with van der Waals surface area (Å²) in [4.78, 5) is 0. The Bertz CT molecular complexity index is 933. The average molecular weight is 558 g/mol. The third-order valence-corrected chi connectivity index (χ3v) is 7.35. The van der Waals surface area contributed by atoms with Crippen LogP contribution < -0.4 is 30.0 Å². The van der Waals surface area contributed by atoms with E-state index in [9.17, 15) is 0 Å². The number of rotatable bonds is 14. The first kappa shape index (κ1) is 33.2. The molecule has 0 fully saturated rings. The van der Waals surface area contributed by atoms with E-state index in [4.69, 9.17) is 24.7 Å². The molecule has 3 rings (SSSR count). The zero-order valence-electron chi connectivity index (χ0n) is 23.1. The predicted octanol–water partition coefficient (Wildman–Crippen LogP) is 6.01. The third kappa shape index (κ3) is 8.57. The maximum absolute atomic E-state index is 6.55. The highest BCUT2D eigenvalue weighted by Crippen LogP contribution is 2.43. The van der Waals surface area contributed by atoms with Gasteiger partial charge in [0, 0.05) is 17.2 Å². The number of hydrogen-bond donors (Lipinski definition) is 2. The van der Waals surface area contributed by atoms with Gasteiger partial charge >= 0.3 is 0 Å². The Morgan fingerprint density at radius 1 is 0.838 bits per heavy atom. The minimum atomic E-state index is 0. The number of ether oxygens (including phenoxy) is 4. The maximum atomic E-state index is 6.55. The molecule has 2 atom stereocenters. The lowest BCUT2D eigenvalue weighted by atomic mass is 9.76. The van der Waals surface area contributed by atoms with Gasteiger partial charge in [-0.15, -0.1) is 24.8 Å². The summed E-state index contributed by atoms with van der Waals surface area (Å²) in [5, 5.41) is 3.58. The molecule has 8 heteroatoms. The summed E-state index contributed by atoms with van der Waals surface area (Å²) in [6.45, 7) is 4.02. The molecule has 0 radical (unpaired) electrons. The van der Waals surface area contributed by atoms with Crippen LogP contribution in [0.15, 0.2) is 24.3 Å². The fourth-order valence-corrected chi connectivity index (χ4v) is 5.33. The van der Waals surface area contributed by atoms with E-state index in [1.54, 1.807) is 28.4 Å². The highest BCUT2D eigenvalue weighted by atomic mass is 35.5. The number of hydrogen-bond acceptors (Lipinski definition) is 6. The highest BCUT2D eigenvalue weighted by Gasteiger charge is 2.29. The number of fused-ring (bicyclic) bond motifs is 1. The third-order valence-electron chi connectivity index (χ3n) is 7.35. The van der Waals surface area contributed by atoms with Crippen molar-refractivity contribution in [3.8, 4) is 23.0 Å². The second-order valence-corrected chi connectivity index (χ2v) is 9.51. The van der Waals surface area contributed by atoms with E-state index >= 15 is 0 Å². The zero-order valence-corrected chi connectivity index (χ0v) is 24.7. The van der Waals surface area contributed by atoms with E-state index in [1.165, 1.54) is 42.4 Å². The molecule has 0 amide bonds. The van der Waals surface area contributed by atoms with Crippen molar-refractivity contribution in [1.29, 1.82) is 0 Å². The van der Waals surface area contributed by atoms with E-state index in [1.807, 2.05) is 13.0 Å². The van der Waals surface area contributed by atoms with Crippen LogP contribution in [0, 0.1) is 6.92 Å². The van der Waals surface area contributed by atoms with Crippen molar-refractivity contribution in [2.75, 3.05) is 41.5 Å². The first-order valence-electron chi connectivity index (χ1n) is 13.0. The number of unbranched alkanes of at least 4 members (excludes halogenated alkanes) is 3. The second-order valence-electron chi connectivity index (χ2n) is 9.51. The lowest BCUT2D eigenvalue weighted by Crippen LogP contribution is -2.33. The summed E-state index contributed by atoms with van der Waals surface area (Å²) in [5.41, 5.74) is 11.5. The topological polar surface area (TPSA) is 75.0 Å². The van der Waals surface area contributed by atoms with Crippen LogP contribution in [0.1, 0.15) is 66.7 Å². The lowest BCUT2D eigenvalue weighted by molar-refractivity contribution is 0.343. The average Bonchev–Trinajstić information content (AvgIpc) is 2.88. The molecule has 2 unspecified atom stereocenters. The van der Waals surface area contributed by atoms with E-state index in [0.29, 0.717) is 5.92 Å². The van der Waals surface area contributed by atoms with Crippen molar-refractivity contribution < 1.29 is 18.9 Å². The van der Waals surface area contributed by atoms with Crippen LogP contribution in [0.2, 0.25) is 0 Å². The normalized spacial score (nSPS) is 16.2. The molecule has 6 nitrogen and oxygen atoms in total. The lowest BCUT2D eigenvalue weighted by Gasteiger charge is -2.32. The molecule has 0 heterocycles. The molecule has 0 saturated heterocycles. The molecule has 37 heavy (non-hydrogen) atoms. The quantitative estimate of drug-likeness (QED) is 0.277. The number of nitrogens with one attached hydrogen (secondary N) is 1. The van der Waals surface area contributed by atoms with Crippen LogP contribution in [0.5, 0.6) is 23.0 Å². The molecule has 210 valence electrons. The smallest absolute Gasteiger partial charge is 0.164 e. The standard InChI is InChI=1S/C29H44N2O4.2ClH/c1-20-27(33-3)18-21(19-28(20)34-4)15-17-31-16-9-7-6-8-10-23-22-12-14-26(32-2)29(35-5)24(22)11-13-25(23)30;;/h12,14,18-19,23,25,31H,6-11,13,15-17,30H2,1-5H3;2*1H. The highest BCUT2D eigenvalue weighted by molar-refractivity contribution is 5.85. The van der Waals surface area contributed by atoms with Gasteiger partial charge in [-0.2, -0.15) is 0 Å². The Morgan fingerprint density at radius 3 is 2.11 bits per heavy atom. The molecular formula is C29H46Cl2N2O4. The van der Waals surface area contributed by atoms with Crippen LogP contribution >= 0.6 is 24.8 Å². The van der Waals surface area contributed by atoms with Gasteiger partial charge < -0.3 is 30.0 Å². The SMILES string of the molecule is COc1cc(CCNCCCCCCC2c3ccc(OC)c(OC)c3CCC2N)cc(OC)c1C.Cl.Cl. The summed E-state index contributed by atoms with van der Waals surface area (Å²) >= 11 is 0. The van der Waals surface area contributed by atoms with Crippen molar-refractivity contribution in [3.63, 3.8) is 0 Å². The monoisotopic (exact) mass is 556 g/mol. The molecule has 3 N–H and O–H groups in total. The summed E-state index contributed by atoms with van der Waals surface area (Å²) in [6.07, 6.45) is 8.92. The molecule has 1 aliphatic carbocycles. The maximum Gasteiger partial charge on any atom is 0.164 e. The van der Waals surface area contributed by atoms with Crippen LogP contribution in [-0.4, -0.2) is 47.6 Å². The summed E-state index contributed by atoms with van der Waals surface area (Å²) in [6, 6.07) is 8.67. The molecular weight excluding hydrogens is 511 g/mol. The minimum Gasteiger partial charge on any atom is -0.496 e. The van der Waals surface area contributed by atoms with Gasteiger partial charge in [0.15, 0.2) is 11.5 Å². The van der Waals surface area contributed by atoms with Crippen LogP contribution in [-0.2, 0) is 12.8 Å². The Balaban J connectivity index is 0.00000342. The van der Waals surface area contributed by atoms with Gasteiger partial charge in [0.1, 0.15) is 11.5 Å². The van der Waals surface area contributed by atoms with Crippen molar-refractivity contribution in [3.05, 3.63) is 46.5 Å². The molecule has 0 aliphatic heterocycles. The fourth-order valence-electron chi connectivity index (χ4n) is 5.33. The molecule has 0 spiro atoms. The van der Waals surface area contributed by atoms with Gasteiger partial charge in [0.2, 0.25) is 0 Å². The molecule has 1 aliphatic rings. The molecule has 0 saturated carbocycles. The Labute approximate surface area is 235 Å². The molecule has 0 aromatic heterocycles. The van der Waals surface area contributed by atoms with Gasteiger partial charge in [-0.25, -0.2) is 0 Å². The molecule has 2 aromatic carbocycles. The largest absolute Gasteiger partial charge is 0.496 e. The van der Waals surface area contributed by atoms with Crippen molar-refractivity contribution in [2.24, 2.45) is 5.73 Å². The van der Waals surface area contributed by atoms with Gasteiger partial charge in [-0.05, 0) is 87.4 Å². The Kier molecular flexibility index (Phi) is 15.1. The molecule has 0 bridgehead atoms. The minimum absolute atomic E-state index is 0. The predicted molar refractivity (Wildman–Crippen MR) is 157 cm³/mol. The number of methoxy groups -OCH3 is 4. The van der Waals surface area contributed by atoms with Crippen molar-refractivity contribution in [1.82, 2.24) is 5.32 Å². The number of nitrogens with two attached hydrogens (primary N) is 1. The van der Waals surface area contributed by atoms with E-state index in [2.05, 4.69) is 23.5 Å². The summed E-state index contributed by atoms with van der Waals surface area (Å²) in [7, 11) is 6.84. The Morgan fingerprint density at radius 2 is 1.49 bits per heavy atom.